The summed E-state index contributed by atoms with van der Waals surface area (Å²) in [4.78, 5) is 17.8. The Morgan fingerprint density at radius 1 is 1.50 bits per heavy atom. The molecule has 0 radical (unpaired) electrons. The Morgan fingerprint density at radius 3 is 2.81 bits per heavy atom. The van der Waals surface area contributed by atoms with Gasteiger partial charge in [-0.3, -0.25) is 0 Å². The highest BCUT2D eigenvalue weighted by molar-refractivity contribution is 5.93. The van der Waals surface area contributed by atoms with Gasteiger partial charge in [0.2, 0.25) is 5.65 Å². The Balaban J connectivity index is 0.000000606. The normalized spacial score (nSPS) is 9.50. The molecule has 0 amide bonds. The highest BCUT2D eigenvalue weighted by Gasteiger charge is 2.15. The zero-order chi connectivity index (χ0) is 12.1. The number of nitrogens with zero attached hydrogens (tertiary/aromatic N) is 3. The van der Waals surface area contributed by atoms with Gasteiger partial charge in [-0.05, 0) is 30.4 Å². The summed E-state index contributed by atoms with van der Waals surface area (Å²) < 4.78 is 16.0. The molecule has 2 rings (SSSR count). The lowest BCUT2D eigenvalue weighted by molar-refractivity contribution is -0.0788. The molecule has 0 aliphatic rings. The number of nitrogens with two attached hydrogens (primary N) is 1. The van der Waals surface area contributed by atoms with Gasteiger partial charge in [-0.15, -0.1) is 0 Å². The summed E-state index contributed by atoms with van der Waals surface area (Å²) in [7, 11) is 1.50. The molecule has 0 spiro atoms. The van der Waals surface area contributed by atoms with E-state index in [2.05, 4.69) is 30.6 Å². The molecule has 2 aromatic rings. The number of rotatable bonds is 1. The van der Waals surface area contributed by atoms with Gasteiger partial charge in [-0.2, -0.15) is 0 Å². The fourth-order valence-electron chi connectivity index (χ4n) is 1.07. The summed E-state index contributed by atoms with van der Waals surface area (Å²) in [5.74, 6) is -1.11. The van der Waals surface area contributed by atoms with Gasteiger partial charge in [0, 0.05) is 4.53 Å². The zero-order valence-corrected chi connectivity index (χ0v) is 8.60. The fraction of sp³-hybridized carbons (Fsp3) is 0.250. The quantitative estimate of drug-likeness (QED) is 0.759. The minimum atomic E-state index is -1.11. The van der Waals surface area contributed by atoms with E-state index in [1.54, 1.807) is 0 Å². The van der Waals surface area contributed by atoms with Crippen LogP contribution in [0.25, 0.3) is 11.2 Å². The van der Waals surface area contributed by atoms with Gasteiger partial charge < -0.3 is 5.73 Å². The van der Waals surface area contributed by atoms with Crippen molar-refractivity contribution >= 4 is 17.1 Å². The molecule has 0 fully saturated rings. The number of fused-ring (bicyclic) bond motifs is 1. The predicted octanol–water partition coefficient (Wildman–Crippen LogP) is 0.542. The van der Waals surface area contributed by atoms with E-state index in [9.17, 15) is 9.32 Å². The van der Waals surface area contributed by atoms with Crippen LogP contribution < -0.4 is 5.73 Å². The lowest BCUT2D eigenvalue weighted by Gasteiger charge is -1.97. The number of hydrogen-bond donors (Lipinski definition) is 1. The first-order chi connectivity index (χ1) is 7.72. The molecule has 86 valence electrons. The van der Waals surface area contributed by atoms with Crippen molar-refractivity contribution in [3.63, 3.8) is 0 Å². The Kier molecular flexibility index (Phi) is 3.84. The standard InChI is InChI=1S/C7H4FN3O3.CH5N/c1-3-4(7(12)13-8)2-5-6(9-3)11-14-10-5;1-2/h2H,1H3;2H2,1H3. The summed E-state index contributed by atoms with van der Waals surface area (Å²) in [5.41, 5.74) is 5.33. The summed E-state index contributed by atoms with van der Waals surface area (Å²) in [6.07, 6.45) is 0. The van der Waals surface area contributed by atoms with Crippen LogP contribution in [0.3, 0.4) is 0 Å². The van der Waals surface area contributed by atoms with E-state index in [-0.39, 0.29) is 16.7 Å². The third-order valence-electron chi connectivity index (χ3n) is 1.73. The monoisotopic (exact) mass is 228 g/mol. The smallest absolute Gasteiger partial charge is 0.333 e. The Bertz CT molecular complexity index is 499. The SMILES string of the molecule is CN.Cc1nc2nonc2cc1C(=O)OF. The molecule has 0 aliphatic heterocycles. The van der Waals surface area contributed by atoms with Crippen molar-refractivity contribution in [2.45, 2.75) is 6.92 Å². The van der Waals surface area contributed by atoms with Crippen LogP contribution in [-0.2, 0) is 4.94 Å². The number of pyridine rings is 1. The number of hydrogen-bond acceptors (Lipinski definition) is 7. The van der Waals surface area contributed by atoms with Gasteiger partial charge in [-0.1, -0.05) is 0 Å². The van der Waals surface area contributed by atoms with Crippen molar-refractivity contribution in [3.05, 3.63) is 17.3 Å². The van der Waals surface area contributed by atoms with Crippen molar-refractivity contribution in [1.82, 2.24) is 15.3 Å². The first-order valence-electron chi connectivity index (χ1n) is 4.23. The number of aromatic nitrogens is 3. The summed E-state index contributed by atoms with van der Waals surface area (Å²) >= 11 is 0. The van der Waals surface area contributed by atoms with Gasteiger partial charge in [-0.25, -0.2) is 19.3 Å². The second-order valence-corrected chi connectivity index (χ2v) is 2.59. The molecular formula is C8H9FN4O3. The molecule has 16 heavy (non-hydrogen) atoms. The molecule has 0 saturated heterocycles. The van der Waals surface area contributed by atoms with Crippen LogP contribution in [0.5, 0.6) is 0 Å². The van der Waals surface area contributed by atoms with Gasteiger partial charge in [0.05, 0.1) is 11.3 Å². The van der Waals surface area contributed by atoms with Crippen molar-refractivity contribution in [2.24, 2.45) is 5.73 Å². The first-order valence-corrected chi connectivity index (χ1v) is 4.23. The minimum absolute atomic E-state index is 0.00398. The third-order valence-corrected chi connectivity index (χ3v) is 1.73. The van der Waals surface area contributed by atoms with Crippen LogP contribution in [-0.4, -0.2) is 28.3 Å². The van der Waals surface area contributed by atoms with Gasteiger partial charge >= 0.3 is 5.97 Å². The predicted molar refractivity (Wildman–Crippen MR) is 51.0 cm³/mol. The molecule has 2 aromatic heterocycles. The van der Waals surface area contributed by atoms with Crippen molar-refractivity contribution in [1.29, 1.82) is 0 Å². The molecule has 0 unspecified atom stereocenters. The van der Waals surface area contributed by atoms with E-state index in [1.807, 2.05) is 0 Å². The summed E-state index contributed by atoms with van der Waals surface area (Å²) in [6, 6.07) is 1.30. The Morgan fingerprint density at radius 2 is 2.19 bits per heavy atom. The topological polar surface area (TPSA) is 104 Å². The van der Waals surface area contributed by atoms with E-state index in [1.165, 1.54) is 20.0 Å². The highest BCUT2D eigenvalue weighted by atomic mass is 19.3. The number of aryl methyl sites for hydroxylation is 1. The number of halogens is 1. The molecule has 7 nitrogen and oxygen atoms in total. The van der Waals surface area contributed by atoms with Gasteiger partial charge in [0.1, 0.15) is 0 Å². The second-order valence-electron chi connectivity index (χ2n) is 2.59. The molecule has 0 aromatic carbocycles. The molecule has 2 N–H and O–H groups in total. The number of carbonyl (C=O) groups is 1. The molecule has 0 atom stereocenters. The molecular weight excluding hydrogens is 219 g/mol. The summed E-state index contributed by atoms with van der Waals surface area (Å²) in [6.45, 7) is 1.53. The second kappa shape index (κ2) is 5.12. The van der Waals surface area contributed by atoms with Crippen LogP contribution in [0.4, 0.5) is 4.53 Å². The van der Waals surface area contributed by atoms with E-state index in [0.29, 0.717) is 5.69 Å². The van der Waals surface area contributed by atoms with Crippen molar-refractivity contribution in [2.75, 3.05) is 7.05 Å². The van der Waals surface area contributed by atoms with E-state index < -0.39 is 5.97 Å². The van der Waals surface area contributed by atoms with Crippen LogP contribution in [0, 0.1) is 6.92 Å². The molecule has 0 saturated carbocycles. The first kappa shape index (κ1) is 12.0. The summed E-state index contributed by atoms with van der Waals surface area (Å²) in [5, 5.41) is 6.92. The van der Waals surface area contributed by atoms with Crippen molar-refractivity contribution < 1.29 is 18.9 Å². The zero-order valence-electron chi connectivity index (χ0n) is 8.60. The molecule has 8 heteroatoms. The lowest BCUT2D eigenvalue weighted by Crippen LogP contribution is -2.03. The average Bonchev–Trinajstić information content (AvgIpc) is 2.76. The van der Waals surface area contributed by atoms with Crippen LogP contribution in [0.15, 0.2) is 10.7 Å². The Labute approximate surface area is 89.3 Å². The van der Waals surface area contributed by atoms with E-state index in [0.717, 1.165) is 0 Å². The van der Waals surface area contributed by atoms with E-state index in [4.69, 9.17) is 0 Å². The minimum Gasteiger partial charge on any atom is -0.333 e. The average molecular weight is 228 g/mol. The molecule has 2 heterocycles. The maximum atomic E-state index is 11.6. The van der Waals surface area contributed by atoms with Crippen LogP contribution >= 0.6 is 0 Å². The maximum absolute atomic E-state index is 11.6. The largest absolute Gasteiger partial charge is 0.381 e. The number of carbonyl (C=O) groups excluding carboxylic acids is 1. The van der Waals surface area contributed by atoms with Crippen LogP contribution in [0.1, 0.15) is 16.1 Å². The van der Waals surface area contributed by atoms with Gasteiger partial charge in [0.25, 0.3) is 0 Å². The fourth-order valence-corrected chi connectivity index (χ4v) is 1.07. The van der Waals surface area contributed by atoms with Crippen molar-refractivity contribution in [3.8, 4) is 0 Å². The molecule has 0 aliphatic carbocycles. The molecule has 0 bridgehead atoms. The highest BCUT2D eigenvalue weighted by Crippen LogP contribution is 2.13. The maximum Gasteiger partial charge on any atom is 0.381 e. The van der Waals surface area contributed by atoms with Crippen LogP contribution in [0.2, 0.25) is 0 Å². The Hall–Kier alpha value is -2.09. The van der Waals surface area contributed by atoms with Gasteiger partial charge in [0.15, 0.2) is 5.52 Å². The lowest BCUT2D eigenvalue weighted by atomic mass is 10.2. The van der Waals surface area contributed by atoms with E-state index >= 15 is 0 Å². The third kappa shape index (κ3) is 2.11.